The predicted octanol–water partition coefficient (Wildman–Crippen LogP) is 1.80. The summed E-state index contributed by atoms with van der Waals surface area (Å²) in [6.45, 7) is 2.27. The summed E-state index contributed by atoms with van der Waals surface area (Å²) in [5.41, 5.74) is 3.14. The van der Waals surface area contributed by atoms with Crippen LogP contribution in [0.1, 0.15) is 30.5 Å². The van der Waals surface area contributed by atoms with Crippen molar-refractivity contribution in [1.29, 1.82) is 0 Å². The molecule has 0 aliphatic carbocycles. The highest BCUT2D eigenvalue weighted by Gasteiger charge is 2.25. The van der Waals surface area contributed by atoms with Crippen molar-refractivity contribution in [2.24, 2.45) is 5.92 Å². The van der Waals surface area contributed by atoms with E-state index in [1.807, 2.05) is 26.2 Å². The number of carbonyl (C=O) groups is 1. The summed E-state index contributed by atoms with van der Waals surface area (Å²) < 4.78 is 0. The van der Waals surface area contributed by atoms with Crippen LogP contribution in [0.4, 0.5) is 5.69 Å². The van der Waals surface area contributed by atoms with Crippen molar-refractivity contribution in [3.05, 3.63) is 29.3 Å². The van der Waals surface area contributed by atoms with Gasteiger partial charge in [-0.3, -0.25) is 4.79 Å². The molecule has 0 spiro atoms. The van der Waals surface area contributed by atoms with Gasteiger partial charge in [-0.05, 0) is 37.7 Å². The van der Waals surface area contributed by atoms with E-state index in [0.29, 0.717) is 6.42 Å². The lowest BCUT2D eigenvalue weighted by Gasteiger charge is -2.31. The molecule has 1 amide bonds. The SMILES string of the molecule is CCC(CO)C(c1ccc2c(c1)CC(=O)N2)N(C)C. The van der Waals surface area contributed by atoms with Crippen molar-refractivity contribution in [2.75, 3.05) is 26.0 Å². The molecule has 2 N–H and O–H groups in total. The van der Waals surface area contributed by atoms with Gasteiger partial charge in [0.05, 0.1) is 6.42 Å². The Labute approximate surface area is 114 Å². The summed E-state index contributed by atoms with van der Waals surface area (Å²) in [7, 11) is 4.05. The van der Waals surface area contributed by atoms with Gasteiger partial charge < -0.3 is 15.3 Å². The molecule has 2 atom stereocenters. The molecule has 1 aliphatic heterocycles. The number of fused-ring (bicyclic) bond motifs is 1. The van der Waals surface area contributed by atoms with Gasteiger partial charge in [-0.1, -0.05) is 19.1 Å². The van der Waals surface area contributed by atoms with Crippen LogP contribution in [0, 0.1) is 5.92 Å². The monoisotopic (exact) mass is 262 g/mol. The molecular formula is C15H22N2O2. The van der Waals surface area contributed by atoms with E-state index in [4.69, 9.17) is 0 Å². The maximum absolute atomic E-state index is 11.4. The quantitative estimate of drug-likeness (QED) is 0.851. The summed E-state index contributed by atoms with van der Waals surface area (Å²) in [6.07, 6.45) is 1.38. The second kappa shape index (κ2) is 5.72. The second-order valence-electron chi connectivity index (χ2n) is 5.40. The Balaban J connectivity index is 2.33. The Morgan fingerprint density at radius 1 is 1.42 bits per heavy atom. The van der Waals surface area contributed by atoms with Gasteiger partial charge >= 0.3 is 0 Å². The Hall–Kier alpha value is -1.39. The van der Waals surface area contributed by atoms with Gasteiger partial charge in [0.2, 0.25) is 5.91 Å². The van der Waals surface area contributed by atoms with E-state index in [1.165, 1.54) is 5.56 Å². The van der Waals surface area contributed by atoms with Gasteiger partial charge in [0.25, 0.3) is 0 Å². The summed E-state index contributed by atoms with van der Waals surface area (Å²) in [5.74, 6) is 0.265. The first kappa shape index (κ1) is 14.0. The number of rotatable bonds is 5. The lowest BCUT2D eigenvalue weighted by atomic mass is 9.89. The molecular weight excluding hydrogens is 240 g/mol. The highest BCUT2D eigenvalue weighted by molar-refractivity contribution is 5.99. The Morgan fingerprint density at radius 2 is 2.16 bits per heavy atom. The number of nitrogens with zero attached hydrogens (tertiary/aromatic N) is 1. The largest absolute Gasteiger partial charge is 0.396 e. The number of carbonyl (C=O) groups excluding carboxylic acids is 1. The van der Waals surface area contributed by atoms with Gasteiger partial charge in [0, 0.05) is 24.3 Å². The van der Waals surface area contributed by atoms with Crippen LogP contribution in [0.2, 0.25) is 0 Å². The maximum atomic E-state index is 11.4. The molecule has 0 fully saturated rings. The minimum Gasteiger partial charge on any atom is -0.396 e. The summed E-state index contributed by atoms with van der Waals surface area (Å²) in [4.78, 5) is 13.5. The van der Waals surface area contributed by atoms with Crippen LogP contribution >= 0.6 is 0 Å². The topological polar surface area (TPSA) is 52.6 Å². The first-order valence-electron chi connectivity index (χ1n) is 6.76. The van der Waals surface area contributed by atoms with Crippen LogP contribution in [0.3, 0.4) is 0 Å². The van der Waals surface area contributed by atoms with Crippen molar-refractivity contribution in [3.63, 3.8) is 0 Å². The van der Waals surface area contributed by atoms with Gasteiger partial charge in [-0.2, -0.15) is 0 Å². The smallest absolute Gasteiger partial charge is 0.228 e. The lowest BCUT2D eigenvalue weighted by molar-refractivity contribution is -0.115. The Bertz CT molecular complexity index is 467. The van der Waals surface area contributed by atoms with Gasteiger partial charge in [0.1, 0.15) is 0 Å². The molecule has 19 heavy (non-hydrogen) atoms. The molecule has 1 aromatic carbocycles. The number of aliphatic hydroxyl groups is 1. The van der Waals surface area contributed by atoms with E-state index in [9.17, 15) is 9.90 Å². The third-order valence-corrected chi connectivity index (χ3v) is 3.86. The number of anilines is 1. The van der Waals surface area contributed by atoms with Crippen LogP contribution in [0.25, 0.3) is 0 Å². The zero-order valence-electron chi connectivity index (χ0n) is 11.8. The average molecular weight is 262 g/mol. The molecule has 1 heterocycles. The van der Waals surface area contributed by atoms with E-state index < -0.39 is 0 Å². The van der Waals surface area contributed by atoms with Crippen molar-refractivity contribution in [3.8, 4) is 0 Å². The molecule has 0 bridgehead atoms. The zero-order chi connectivity index (χ0) is 14.0. The Morgan fingerprint density at radius 3 is 2.74 bits per heavy atom. The first-order valence-corrected chi connectivity index (χ1v) is 6.76. The van der Waals surface area contributed by atoms with Crippen LogP contribution in [-0.4, -0.2) is 36.6 Å². The third kappa shape index (κ3) is 2.80. The number of amides is 1. The number of hydrogen-bond donors (Lipinski definition) is 2. The number of nitrogens with one attached hydrogen (secondary N) is 1. The van der Waals surface area contributed by atoms with Crippen molar-refractivity contribution in [1.82, 2.24) is 4.90 Å². The standard InChI is InChI=1S/C15H22N2O2/c1-4-10(9-18)15(17(2)3)11-5-6-13-12(7-11)8-14(19)16-13/h5-7,10,15,18H,4,8-9H2,1-3H3,(H,16,19). The predicted molar refractivity (Wildman–Crippen MR) is 76.1 cm³/mol. The lowest BCUT2D eigenvalue weighted by Crippen LogP contribution is -2.29. The minimum atomic E-state index is 0.0581. The molecule has 4 nitrogen and oxygen atoms in total. The second-order valence-corrected chi connectivity index (χ2v) is 5.40. The molecule has 0 saturated carbocycles. The van der Waals surface area contributed by atoms with E-state index in [2.05, 4.69) is 23.2 Å². The van der Waals surface area contributed by atoms with Gasteiger partial charge in [-0.15, -0.1) is 0 Å². The average Bonchev–Trinajstić information content (AvgIpc) is 2.74. The molecule has 0 aromatic heterocycles. The molecule has 1 aliphatic rings. The van der Waals surface area contributed by atoms with E-state index in [-0.39, 0.29) is 24.5 Å². The molecule has 0 saturated heterocycles. The molecule has 2 rings (SSSR count). The van der Waals surface area contributed by atoms with Crippen molar-refractivity contribution in [2.45, 2.75) is 25.8 Å². The fourth-order valence-electron chi connectivity index (χ4n) is 2.88. The number of hydrogen-bond acceptors (Lipinski definition) is 3. The molecule has 1 aromatic rings. The third-order valence-electron chi connectivity index (χ3n) is 3.86. The number of benzene rings is 1. The molecule has 2 unspecified atom stereocenters. The van der Waals surface area contributed by atoms with E-state index in [1.54, 1.807) is 0 Å². The summed E-state index contributed by atoms with van der Waals surface area (Å²) in [6, 6.07) is 6.29. The fourth-order valence-corrected chi connectivity index (χ4v) is 2.88. The molecule has 0 radical (unpaired) electrons. The first-order chi connectivity index (χ1) is 9.06. The normalized spacial score (nSPS) is 17.2. The van der Waals surface area contributed by atoms with Crippen LogP contribution in [0.15, 0.2) is 18.2 Å². The number of aliphatic hydroxyl groups excluding tert-OH is 1. The van der Waals surface area contributed by atoms with Crippen LogP contribution in [0.5, 0.6) is 0 Å². The van der Waals surface area contributed by atoms with Crippen molar-refractivity contribution >= 4 is 11.6 Å². The fraction of sp³-hybridized carbons (Fsp3) is 0.533. The van der Waals surface area contributed by atoms with Crippen LogP contribution in [-0.2, 0) is 11.2 Å². The van der Waals surface area contributed by atoms with Gasteiger partial charge in [-0.25, -0.2) is 0 Å². The zero-order valence-corrected chi connectivity index (χ0v) is 11.8. The van der Waals surface area contributed by atoms with Crippen molar-refractivity contribution < 1.29 is 9.90 Å². The molecule has 4 heteroatoms. The summed E-state index contributed by atoms with van der Waals surface area (Å²) in [5, 5.41) is 12.4. The van der Waals surface area contributed by atoms with Gasteiger partial charge in [0.15, 0.2) is 0 Å². The Kier molecular flexibility index (Phi) is 4.22. The maximum Gasteiger partial charge on any atom is 0.228 e. The van der Waals surface area contributed by atoms with Crippen LogP contribution < -0.4 is 5.32 Å². The van der Waals surface area contributed by atoms with E-state index in [0.717, 1.165) is 17.7 Å². The minimum absolute atomic E-state index is 0.0581. The van der Waals surface area contributed by atoms with E-state index >= 15 is 0 Å². The molecule has 104 valence electrons. The highest BCUT2D eigenvalue weighted by atomic mass is 16.3. The summed E-state index contributed by atoms with van der Waals surface area (Å²) >= 11 is 0. The highest BCUT2D eigenvalue weighted by Crippen LogP contribution is 2.33.